The Balaban J connectivity index is 2.16. The summed E-state index contributed by atoms with van der Waals surface area (Å²) in [6.07, 6.45) is 0. The number of nitrogen functional groups attached to an aromatic ring is 1. The first-order valence-corrected chi connectivity index (χ1v) is 7.41. The second kappa shape index (κ2) is 5.41. The van der Waals surface area contributed by atoms with Gasteiger partial charge in [0.15, 0.2) is 0 Å². The molecular formula is C12H15N3O4S. The van der Waals surface area contributed by atoms with Gasteiger partial charge in [-0.15, -0.1) is 0 Å². The molecule has 0 fully saturated rings. The van der Waals surface area contributed by atoms with Gasteiger partial charge in [0.1, 0.15) is 23.0 Å². The monoisotopic (exact) mass is 297 g/mol. The number of rotatable bonds is 5. The molecule has 0 spiro atoms. The summed E-state index contributed by atoms with van der Waals surface area (Å²) in [4.78, 5) is 0. The number of ether oxygens (including phenoxy) is 1. The van der Waals surface area contributed by atoms with Gasteiger partial charge in [-0.1, -0.05) is 5.16 Å². The minimum absolute atomic E-state index is 0.282. The zero-order valence-corrected chi connectivity index (χ0v) is 11.9. The number of nitrogens with two attached hydrogens (primary N) is 1. The molecular weight excluding hydrogens is 282 g/mol. The predicted molar refractivity (Wildman–Crippen MR) is 74.9 cm³/mol. The number of aromatic nitrogens is 1. The van der Waals surface area contributed by atoms with Gasteiger partial charge >= 0.3 is 0 Å². The van der Waals surface area contributed by atoms with Crippen LogP contribution in [-0.4, -0.2) is 20.7 Å². The quantitative estimate of drug-likeness (QED) is 0.810. The molecule has 0 unspecified atom stereocenters. The second-order valence-electron chi connectivity index (χ2n) is 4.24. The van der Waals surface area contributed by atoms with Crippen molar-refractivity contribution < 1.29 is 17.7 Å². The molecule has 0 amide bonds. The Labute approximate surface area is 116 Å². The molecule has 8 heteroatoms. The summed E-state index contributed by atoms with van der Waals surface area (Å²) in [6.45, 7) is 1.69. The van der Waals surface area contributed by atoms with E-state index >= 15 is 0 Å². The molecule has 2 aromatic rings. The minimum Gasteiger partial charge on any atom is -0.497 e. The highest BCUT2D eigenvalue weighted by Crippen LogP contribution is 2.25. The summed E-state index contributed by atoms with van der Waals surface area (Å²) in [5, 5.41) is 3.65. The van der Waals surface area contributed by atoms with Crippen LogP contribution < -0.4 is 15.2 Å². The Morgan fingerprint density at radius 2 is 2.15 bits per heavy atom. The summed E-state index contributed by atoms with van der Waals surface area (Å²) in [7, 11) is -2.10. The molecule has 7 nitrogen and oxygen atoms in total. The van der Waals surface area contributed by atoms with E-state index in [1.165, 1.54) is 13.2 Å². The maximum Gasteiger partial charge on any atom is 0.238 e. The molecule has 0 atom stereocenters. The van der Waals surface area contributed by atoms with Crippen LogP contribution in [0.5, 0.6) is 5.75 Å². The van der Waals surface area contributed by atoms with Crippen LogP contribution in [0.2, 0.25) is 0 Å². The van der Waals surface area contributed by atoms with E-state index in [0.29, 0.717) is 22.9 Å². The zero-order valence-electron chi connectivity index (χ0n) is 11.1. The summed E-state index contributed by atoms with van der Waals surface area (Å²) < 4.78 is 36.2. The highest BCUT2D eigenvalue weighted by atomic mass is 32.2. The third-order valence-electron chi connectivity index (χ3n) is 2.54. The number of nitrogens with zero attached hydrogens (tertiary/aromatic N) is 1. The lowest BCUT2D eigenvalue weighted by atomic mass is 10.2. The van der Waals surface area contributed by atoms with Crippen molar-refractivity contribution in [2.24, 2.45) is 0 Å². The Morgan fingerprint density at radius 1 is 1.40 bits per heavy atom. The van der Waals surface area contributed by atoms with Crippen molar-refractivity contribution in [1.29, 1.82) is 0 Å². The third-order valence-corrected chi connectivity index (χ3v) is 3.75. The Bertz CT molecular complexity index is 709. The molecule has 0 aliphatic rings. The predicted octanol–water partition coefficient (Wildman–Crippen LogP) is 1.52. The van der Waals surface area contributed by atoms with E-state index in [9.17, 15) is 8.42 Å². The van der Waals surface area contributed by atoms with Gasteiger partial charge in [-0.05, 0) is 19.1 Å². The second-order valence-corrected chi connectivity index (χ2v) is 5.97. The molecule has 1 aromatic carbocycles. The van der Waals surface area contributed by atoms with E-state index in [-0.39, 0.29) is 11.4 Å². The van der Waals surface area contributed by atoms with Crippen LogP contribution in [0.25, 0.3) is 0 Å². The maximum atomic E-state index is 12.0. The molecule has 108 valence electrons. The minimum atomic E-state index is -3.61. The van der Waals surface area contributed by atoms with Gasteiger partial charge in [0, 0.05) is 12.1 Å². The van der Waals surface area contributed by atoms with Crippen LogP contribution in [0.4, 0.5) is 11.4 Å². The maximum absolute atomic E-state index is 12.0. The molecule has 2 rings (SSSR count). The number of anilines is 2. The van der Waals surface area contributed by atoms with Crippen LogP contribution in [0, 0.1) is 6.92 Å². The Morgan fingerprint density at radius 3 is 2.70 bits per heavy atom. The lowest BCUT2D eigenvalue weighted by Crippen LogP contribution is -2.16. The first-order chi connectivity index (χ1) is 9.39. The van der Waals surface area contributed by atoms with Gasteiger partial charge in [-0.2, -0.15) is 0 Å². The number of sulfonamides is 1. The SMILES string of the molecule is COc1ccc(NS(=O)(=O)Cc2cc(C)on2)c(N)c1. The third kappa shape index (κ3) is 3.41. The van der Waals surface area contributed by atoms with E-state index in [0.717, 1.165) is 0 Å². The van der Waals surface area contributed by atoms with Gasteiger partial charge in [-0.25, -0.2) is 8.42 Å². The van der Waals surface area contributed by atoms with E-state index in [1.54, 1.807) is 25.1 Å². The molecule has 0 saturated heterocycles. The largest absolute Gasteiger partial charge is 0.497 e. The fourth-order valence-electron chi connectivity index (χ4n) is 1.65. The Kier molecular flexibility index (Phi) is 3.84. The van der Waals surface area contributed by atoms with Crippen molar-refractivity contribution in [2.45, 2.75) is 12.7 Å². The number of benzene rings is 1. The number of hydrogen-bond acceptors (Lipinski definition) is 6. The van der Waals surface area contributed by atoms with Crippen molar-refractivity contribution >= 4 is 21.4 Å². The molecule has 0 aliphatic carbocycles. The average Bonchev–Trinajstić information content (AvgIpc) is 2.76. The van der Waals surface area contributed by atoms with Gasteiger partial charge < -0.3 is 15.0 Å². The van der Waals surface area contributed by atoms with Crippen molar-refractivity contribution in [3.63, 3.8) is 0 Å². The molecule has 1 aromatic heterocycles. The van der Waals surface area contributed by atoms with E-state index in [1.807, 2.05) is 0 Å². The van der Waals surface area contributed by atoms with Gasteiger partial charge in [0.25, 0.3) is 0 Å². The molecule has 1 heterocycles. The number of aryl methyl sites for hydroxylation is 1. The fraction of sp³-hybridized carbons (Fsp3) is 0.250. The van der Waals surface area contributed by atoms with Crippen LogP contribution in [0.15, 0.2) is 28.8 Å². The lowest BCUT2D eigenvalue weighted by Gasteiger charge is -2.10. The molecule has 0 radical (unpaired) electrons. The topological polar surface area (TPSA) is 107 Å². The summed E-state index contributed by atoms with van der Waals surface area (Å²) in [5.74, 6) is 0.826. The van der Waals surface area contributed by atoms with Crippen LogP contribution in [0.1, 0.15) is 11.5 Å². The van der Waals surface area contributed by atoms with E-state index in [4.69, 9.17) is 15.0 Å². The summed E-state index contributed by atoms with van der Waals surface area (Å²) in [5.41, 5.74) is 6.67. The molecule has 0 bridgehead atoms. The molecule has 3 N–H and O–H groups in total. The summed E-state index contributed by atoms with van der Waals surface area (Å²) in [6, 6.07) is 6.27. The van der Waals surface area contributed by atoms with Crippen molar-refractivity contribution in [2.75, 3.05) is 17.6 Å². The van der Waals surface area contributed by atoms with Gasteiger partial charge in [0.05, 0.1) is 18.5 Å². The highest BCUT2D eigenvalue weighted by molar-refractivity contribution is 7.91. The van der Waals surface area contributed by atoms with Crippen molar-refractivity contribution in [1.82, 2.24) is 5.16 Å². The van der Waals surface area contributed by atoms with Gasteiger partial charge in [0.2, 0.25) is 10.0 Å². The van der Waals surface area contributed by atoms with Crippen molar-refractivity contribution in [3.05, 3.63) is 35.7 Å². The van der Waals surface area contributed by atoms with E-state index in [2.05, 4.69) is 9.88 Å². The Hall–Kier alpha value is -2.22. The highest BCUT2D eigenvalue weighted by Gasteiger charge is 2.16. The summed E-state index contributed by atoms with van der Waals surface area (Å²) >= 11 is 0. The van der Waals surface area contributed by atoms with Crippen LogP contribution in [0.3, 0.4) is 0 Å². The normalized spacial score (nSPS) is 11.3. The number of nitrogens with one attached hydrogen (secondary N) is 1. The first kappa shape index (κ1) is 14.2. The lowest BCUT2D eigenvalue weighted by molar-refractivity contribution is 0.392. The fourth-order valence-corrected chi connectivity index (χ4v) is 2.76. The smallest absolute Gasteiger partial charge is 0.238 e. The number of hydrogen-bond donors (Lipinski definition) is 2. The van der Waals surface area contributed by atoms with Crippen LogP contribution in [-0.2, 0) is 15.8 Å². The van der Waals surface area contributed by atoms with Crippen LogP contribution >= 0.6 is 0 Å². The van der Waals surface area contributed by atoms with E-state index < -0.39 is 10.0 Å². The molecule has 0 aliphatic heterocycles. The zero-order chi connectivity index (χ0) is 14.8. The molecule has 20 heavy (non-hydrogen) atoms. The first-order valence-electron chi connectivity index (χ1n) is 5.76. The molecule has 0 saturated carbocycles. The van der Waals surface area contributed by atoms with Crippen molar-refractivity contribution in [3.8, 4) is 5.75 Å². The number of methoxy groups -OCH3 is 1. The standard InChI is InChI=1S/C12H15N3O4S/c1-8-5-9(14-19-8)7-20(16,17)15-12-4-3-10(18-2)6-11(12)13/h3-6,15H,7,13H2,1-2H3. The average molecular weight is 297 g/mol. The van der Waals surface area contributed by atoms with Gasteiger partial charge in [-0.3, -0.25) is 4.72 Å².